The van der Waals surface area contributed by atoms with E-state index in [0.717, 1.165) is 0 Å². The molecule has 38 valence electrons. The minimum atomic E-state index is 0. The molecule has 2 N–H and O–H groups in total. The largest absolute Gasteiger partial charge is 2.00 e. The van der Waals surface area contributed by atoms with Crippen LogP contribution in [-0.4, -0.2) is 5.48 Å². The molecule has 0 atom stereocenters. The molecule has 1 nitrogen and oxygen atoms in total. The maximum absolute atomic E-state index is 0. The van der Waals surface area contributed by atoms with Gasteiger partial charge in [0.15, 0.2) is 0 Å². The first-order chi connectivity index (χ1) is 0. The van der Waals surface area contributed by atoms with E-state index in [1.165, 1.54) is 0 Å². The van der Waals surface area contributed by atoms with E-state index in [0.29, 0.717) is 0 Å². The van der Waals surface area contributed by atoms with Crippen molar-refractivity contribution in [1.82, 2.24) is 0 Å². The van der Waals surface area contributed by atoms with E-state index in [2.05, 4.69) is 0 Å². The van der Waals surface area contributed by atoms with E-state index in [1.54, 1.807) is 0 Å². The molecule has 0 aromatic rings. The molecule has 0 saturated carbocycles. The maximum Gasteiger partial charge on any atom is 2.00 e. The van der Waals surface area contributed by atoms with Crippen molar-refractivity contribution in [2.45, 2.75) is 0 Å². The van der Waals surface area contributed by atoms with Gasteiger partial charge >= 0.3 is 19.8 Å². The average molecular weight is 315 g/mol. The van der Waals surface area contributed by atoms with Gasteiger partial charge in [-0.05, 0) is 0 Å². The zero-order valence-corrected chi connectivity index (χ0v) is 6.80. The molecule has 0 aliphatic rings. The Morgan fingerprint density at radius 2 is 0.600 bits per heavy atom. The van der Waals surface area contributed by atoms with Crippen molar-refractivity contribution in [1.29, 1.82) is 0 Å². The molecule has 0 radical (unpaired) electrons. The van der Waals surface area contributed by atoms with Crippen LogP contribution >= 0.6 is 0 Å². The number of halogens is 3. The van der Waals surface area contributed by atoms with E-state index in [4.69, 9.17) is 0 Å². The summed E-state index contributed by atoms with van der Waals surface area (Å²) in [6.07, 6.45) is 0. The summed E-state index contributed by atoms with van der Waals surface area (Å²) in [7, 11) is 0. The molecule has 0 aromatic heterocycles. The Morgan fingerprint density at radius 1 is 0.600 bits per heavy atom. The molecule has 5 heteroatoms. The first-order valence-electron chi connectivity index (χ1n) is 0. The molecule has 0 aromatic carbocycles. The third-order valence-corrected chi connectivity index (χ3v) is 0. The summed E-state index contributed by atoms with van der Waals surface area (Å²) in [5.41, 5.74) is 0. The summed E-state index contributed by atoms with van der Waals surface area (Å²) in [6.45, 7) is 0. The molecule has 5 heavy (non-hydrogen) atoms. The predicted molar refractivity (Wildman–Crippen MR) is 3.61 cm³/mol. The monoisotopic (exact) mass is 315 g/mol. The van der Waals surface area contributed by atoms with Gasteiger partial charge < -0.3 is 42.7 Å². The first-order valence-corrected chi connectivity index (χ1v) is 0. The van der Waals surface area contributed by atoms with Crippen LogP contribution in [0.1, 0.15) is 0 Å². The Hall–Kier alpha value is 1.47. The molecular weight excluding hydrogens is 313 g/mol. The van der Waals surface area contributed by atoms with Crippen molar-refractivity contribution in [2.75, 3.05) is 0 Å². The van der Waals surface area contributed by atoms with Crippen LogP contribution in [0.25, 0.3) is 0 Å². The van der Waals surface area contributed by atoms with E-state index >= 15 is 0 Å². The van der Waals surface area contributed by atoms with Gasteiger partial charge in [0.05, 0.1) is 0 Å². The van der Waals surface area contributed by atoms with Gasteiger partial charge in [0.25, 0.3) is 0 Å². The van der Waals surface area contributed by atoms with Gasteiger partial charge in [-0.2, -0.15) is 0 Å². The van der Waals surface area contributed by atoms with E-state index in [-0.39, 0.29) is 62.5 Å². The smallest absolute Gasteiger partial charge is 1.00 e. The fourth-order valence-electron chi connectivity index (χ4n) is 0. The van der Waals surface area contributed by atoms with Crippen molar-refractivity contribution in [3.63, 3.8) is 0 Å². The van der Waals surface area contributed by atoms with Gasteiger partial charge in [-0.3, -0.25) is 0 Å². The second-order valence-electron chi connectivity index (χ2n) is 0. The third-order valence-electron chi connectivity index (χ3n) is 0. The van der Waals surface area contributed by atoms with Crippen molar-refractivity contribution in [3.05, 3.63) is 0 Å². The predicted octanol–water partition coefficient (Wildman–Crippen LogP) is -9.82. The van der Waals surface area contributed by atoms with E-state index in [1.807, 2.05) is 0 Å². The molecule has 0 rings (SSSR count). The quantitative estimate of drug-likeness (QED) is 0.425. The van der Waals surface area contributed by atoms with Gasteiger partial charge in [0, 0.05) is 0 Å². The summed E-state index contributed by atoms with van der Waals surface area (Å²) >= 11 is 0. The van der Waals surface area contributed by atoms with Crippen molar-refractivity contribution in [3.8, 4) is 0 Å². The Balaban J connectivity index is 0. The Bertz CT molecular complexity index is 6.85. The molecular formula is H2Cl3OOs-. The molecule has 0 spiro atoms. The molecule has 0 heterocycles. The standard InChI is InChI=1S/3ClH.H2O.Os/h3*1H;1H2;/q;;;;+2/p-3. The Kier molecular flexibility index (Phi) is 911. The van der Waals surface area contributed by atoms with Crippen LogP contribution in [0.5, 0.6) is 0 Å². The normalized spacial score (nSPS) is 0. The van der Waals surface area contributed by atoms with Crippen molar-refractivity contribution in [2.24, 2.45) is 0 Å². The number of rotatable bonds is 0. The molecule has 0 bridgehead atoms. The van der Waals surface area contributed by atoms with E-state index in [9.17, 15) is 0 Å². The van der Waals surface area contributed by atoms with Crippen LogP contribution < -0.4 is 37.2 Å². The van der Waals surface area contributed by atoms with Crippen LogP contribution in [0.2, 0.25) is 0 Å². The summed E-state index contributed by atoms with van der Waals surface area (Å²) < 4.78 is 0. The van der Waals surface area contributed by atoms with Crippen molar-refractivity contribution >= 4 is 0 Å². The fourth-order valence-corrected chi connectivity index (χ4v) is 0. The zero-order valence-electron chi connectivity index (χ0n) is 1.99. The van der Waals surface area contributed by atoms with Crippen LogP contribution in [0.3, 0.4) is 0 Å². The Labute approximate surface area is 62.5 Å². The minimum absolute atomic E-state index is 0. The van der Waals surface area contributed by atoms with Gasteiger partial charge in [-0.25, -0.2) is 0 Å². The third kappa shape index (κ3) is 30.5. The van der Waals surface area contributed by atoms with E-state index < -0.39 is 0 Å². The van der Waals surface area contributed by atoms with Crippen molar-refractivity contribution < 1.29 is 62.5 Å². The summed E-state index contributed by atoms with van der Waals surface area (Å²) in [6, 6.07) is 0. The van der Waals surface area contributed by atoms with Gasteiger partial charge in [-0.1, -0.05) is 0 Å². The molecule has 0 amide bonds. The average Bonchev–Trinajstić information content (AvgIpc) is 0. The summed E-state index contributed by atoms with van der Waals surface area (Å²) in [4.78, 5) is 0. The SMILES string of the molecule is O.[Cl-].[Cl-].[Cl-].[Os+2]. The topological polar surface area (TPSA) is 31.5 Å². The summed E-state index contributed by atoms with van der Waals surface area (Å²) in [5, 5.41) is 0. The molecule has 0 saturated heterocycles. The zero-order chi connectivity index (χ0) is 0. The van der Waals surface area contributed by atoms with Gasteiger partial charge in [-0.15, -0.1) is 0 Å². The van der Waals surface area contributed by atoms with Crippen LogP contribution in [0.4, 0.5) is 0 Å². The second kappa shape index (κ2) is 50.7. The second-order valence-corrected chi connectivity index (χ2v) is 0. The molecule has 0 unspecified atom stereocenters. The first kappa shape index (κ1) is 89.9. The number of hydrogen-bond acceptors (Lipinski definition) is 0. The van der Waals surface area contributed by atoms with Crippen LogP contribution in [0.15, 0.2) is 0 Å². The molecule has 0 fully saturated rings. The summed E-state index contributed by atoms with van der Waals surface area (Å²) in [5.74, 6) is 0. The minimum Gasteiger partial charge on any atom is -1.00 e. The number of hydrogen-bond donors (Lipinski definition) is 0. The van der Waals surface area contributed by atoms with Crippen LogP contribution in [-0.2, 0) is 19.8 Å². The maximum atomic E-state index is 0. The van der Waals surface area contributed by atoms with Crippen LogP contribution in [0, 0.1) is 0 Å². The molecule has 0 aliphatic carbocycles. The Morgan fingerprint density at radius 3 is 0.600 bits per heavy atom. The fraction of sp³-hybridized carbons (Fsp3) is 0. The molecule has 0 aliphatic heterocycles. The van der Waals surface area contributed by atoms with Gasteiger partial charge in [0.2, 0.25) is 0 Å². The van der Waals surface area contributed by atoms with Gasteiger partial charge in [0.1, 0.15) is 0 Å².